The second kappa shape index (κ2) is 7.10. The largest absolute Gasteiger partial charge is 0.475 e. The van der Waals surface area contributed by atoms with Crippen LogP contribution < -0.4 is 11.1 Å². The minimum absolute atomic E-state index is 0.0455. The Bertz CT molecular complexity index is 1010. The first-order valence-corrected chi connectivity index (χ1v) is 11.4. The lowest BCUT2D eigenvalue weighted by atomic mass is 9.98. The van der Waals surface area contributed by atoms with Crippen LogP contribution in [0, 0.1) is 0 Å². The molecule has 2 aromatic heterocycles. The van der Waals surface area contributed by atoms with Crippen molar-refractivity contribution in [3.05, 3.63) is 6.33 Å². The van der Waals surface area contributed by atoms with Crippen molar-refractivity contribution in [2.45, 2.75) is 62.8 Å². The number of nitrogens with one attached hydrogen (secondary N) is 1. The molecule has 4 heterocycles. The van der Waals surface area contributed by atoms with Gasteiger partial charge in [0.2, 0.25) is 5.95 Å². The standard InChI is InChI=1S/C17H24FN6O5P/c1-17(18)12-10(7-27-30(25,26-2)29-12)28-15(17)24-8-20-11-13(21-9-5-3-4-6-9)22-16(19)23-14(11)24/h8-10,12,15H,3-7H2,1-2H3,(H3,19,21,22,23)/t10-,12-,15-,17-,30?/m1/s1. The Labute approximate surface area is 172 Å². The second-order valence-electron chi connectivity index (χ2n) is 8.01. The Morgan fingerprint density at radius 3 is 2.90 bits per heavy atom. The SMILES string of the molecule is COP1(=O)OC[C@H]2O[C@@H](n3cnc4c(NC5CCCC5)nc(N)nc43)[C@](C)(F)[C@@H]2O1. The monoisotopic (exact) mass is 442 g/mol. The number of aromatic nitrogens is 4. The third-order valence-corrected chi connectivity index (χ3v) is 7.33. The van der Waals surface area contributed by atoms with Gasteiger partial charge in [-0.25, -0.2) is 13.9 Å². The molecule has 11 nitrogen and oxygen atoms in total. The number of phosphoric ester groups is 1. The molecule has 30 heavy (non-hydrogen) atoms. The number of hydrogen-bond acceptors (Lipinski definition) is 10. The van der Waals surface area contributed by atoms with Crippen LogP contribution in [0.5, 0.6) is 0 Å². The van der Waals surface area contributed by atoms with Gasteiger partial charge in [0.05, 0.1) is 12.9 Å². The fourth-order valence-electron chi connectivity index (χ4n) is 4.41. The molecular formula is C17H24FN6O5P. The van der Waals surface area contributed by atoms with E-state index in [1.165, 1.54) is 24.9 Å². The molecule has 3 aliphatic rings. The van der Waals surface area contributed by atoms with Gasteiger partial charge in [0.1, 0.15) is 12.2 Å². The number of halogens is 1. The van der Waals surface area contributed by atoms with Crippen LogP contribution in [0.2, 0.25) is 0 Å². The van der Waals surface area contributed by atoms with Gasteiger partial charge in [-0.2, -0.15) is 9.97 Å². The summed E-state index contributed by atoms with van der Waals surface area (Å²) in [5.41, 5.74) is 4.68. The van der Waals surface area contributed by atoms with E-state index in [-0.39, 0.29) is 12.6 Å². The van der Waals surface area contributed by atoms with Crippen molar-refractivity contribution >= 4 is 30.8 Å². The number of anilines is 2. The number of phosphoric acid groups is 1. The summed E-state index contributed by atoms with van der Waals surface area (Å²) in [5.74, 6) is 0.562. The van der Waals surface area contributed by atoms with E-state index in [9.17, 15) is 4.57 Å². The summed E-state index contributed by atoms with van der Waals surface area (Å²) in [6, 6.07) is 0.290. The molecule has 164 valence electrons. The zero-order valence-corrected chi connectivity index (χ0v) is 17.5. The molecular weight excluding hydrogens is 418 g/mol. The van der Waals surface area contributed by atoms with Crippen molar-refractivity contribution in [2.75, 3.05) is 24.8 Å². The van der Waals surface area contributed by atoms with Crippen LogP contribution in [0.15, 0.2) is 6.33 Å². The molecule has 2 aliphatic heterocycles. The first-order valence-electron chi connectivity index (χ1n) is 9.90. The minimum Gasteiger partial charge on any atom is -0.368 e. The molecule has 1 saturated carbocycles. The van der Waals surface area contributed by atoms with E-state index in [1.807, 2.05) is 0 Å². The maximum Gasteiger partial charge on any atom is 0.475 e. The smallest absolute Gasteiger partial charge is 0.368 e. The molecule has 0 radical (unpaired) electrons. The highest BCUT2D eigenvalue weighted by Crippen LogP contribution is 2.59. The van der Waals surface area contributed by atoms with Crippen LogP contribution in [-0.4, -0.2) is 57.2 Å². The Morgan fingerprint density at radius 1 is 1.40 bits per heavy atom. The zero-order valence-electron chi connectivity index (χ0n) is 16.7. The van der Waals surface area contributed by atoms with Gasteiger partial charge in [-0.15, -0.1) is 0 Å². The molecule has 2 saturated heterocycles. The van der Waals surface area contributed by atoms with Crippen molar-refractivity contribution in [1.82, 2.24) is 19.5 Å². The summed E-state index contributed by atoms with van der Waals surface area (Å²) in [5, 5.41) is 3.38. The molecule has 0 bridgehead atoms. The Hall–Kier alpha value is -1.85. The maximum absolute atomic E-state index is 15.9. The number of nitrogen functional groups attached to an aromatic ring is 1. The lowest BCUT2D eigenvalue weighted by Crippen LogP contribution is -2.44. The number of fused-ring (bicyclic) bond motifs is 2. The average Bonchev–Trinajstić information content (AvgIpc) is 3.41. The number of hydrogen-bond donors (Lipinski definition) is 2. The van der Waals surface area contributed by atoms with E-state index in [1.54, 1.807) is 0 Å². The van der Waals surface area contributed by atoms with E-state index in [2.05, 4.69) is 20.3 Å². The summed E-state index contributed by atoms with van der Waals surface area (Å²) in [4.78, 5) is 13.0. The van der Waals surface area contributed by atoms with Crippen LogP contribution in [0.1, 0.15) is 38.8 Å². The predicted octanol–water partition coefficient (Wildman–Crippen LogP) is 2.56. The number of imidazole rings is 1. The number of ether oxygens (including phenoxy) is 1. The number of alkyl halides is 1. The fraction of sp³-hybridized carbons (Fsp3) is 0.706. The normalized spacial score (nSPS) is 37.0. The molecule has 1 unspecified atom stereocenters. The fourth-order valence-corrected chi connectivity index (χ4v) is 5.61. The topological polar surface area (TPSA) is 136 Å². The van der Waals surface area contributed by atoms with Crippen LogP contribution in [0.4, 0.5) is 16.2 Å². The number of nitrogens with zero attached hydrogens (tertiary/aromatic N) is 4. The van der Waals surface area contributed by atoms with Gasteiger partial charge in [-0.1, -0.05) is 12.8 Å². The Balaban J connectivity index is 1.50. The quantitative estimate of drug-likeness (QED) is 0.680. The number of nitrogens with two attached hydrogens (primary N) is 1. The van der Waals surface area contributed by atoms with E-state index in [0.29, 0.717) is 23.0 Å². The minimum atomic E-state index is -3.83. The third kappa shape index (κ3) is 3.18. The first-order chi connectivity index (χ1) is 14.3. The van der Waals surface area contributed by atoms with Crippen LogP contribution >= 0.6 is 7.82 Å². The van der Waals surface area contributed by atoms with Gasteiger partial charge in [0, 0.05) is 13.2 Å². The average molecular weight is 442 g/mol. The Kier molecular flexibility index (Phi) is 4.75. The van der Waals surface area contributed by atoms with Gasteiger partial charge in [0.25, 0.3) is 0 Å². The van der Waals surface area contributed by atoms with E-state index in [0.717, 1.165) is 25.7 Å². The van der Waals surface area contributed by atoms with Crippen molar-refractivity contribution in [1.29, 1.82) is 0 Å². The molecule has 0 aromatic carbocycles. The van der Waals surface area contributed by atoms with Gasteiger partial charge in [0.15, 0.2) is 28.9 Å². The van der Waals surface area contributed by atoms with Crippen molar-refractivity contribution in [2.24, 2.45) is 0 Å². The van der Waals surface area contributed by atoms with Crippen LogP contribution in [0.3, 0.4) is 0 Å². The molecule has 13 heteroatoms. The lowest BCUT2D eigenvalue weighted by Gasteiger charge is -2.33. The molecule has 3 N–H and O–H groups in total. The van der Waals surface area contributed by atoms with Crippen molar-refractivity contribution in [3.8, 4) is 0 Å². The summed E-state index contributed by atoms with van der Waals surface area (Å²) in [6.07, 6.45) is 2.78. The van der Waals surface area contributed by atoms with Crippen LogP contribution in [0.25, 0.3) is 11.2 Å². The van der Waals surface area contributed by atoms with Crippen molar-refractivity contribution < 1.29 is 27.3 Å². The molecule has 0 spiro atoms. The highest BCUT2D eigenvalue weighted by Gasteiger charge is 2.61. The molecule has 5 rings (SSSR count). The second-order valence-corrected chi connectivity index (χ2v) is 9.74. The van der Waals surface area contributed by atoms with Gasteiger partial charge in [-0.3, -0.25) is 18.1 Å². The van der Waals surface area contributed by atoms with Gasteiger partial charge in [-0.05, 0) is 19.8 Å². The highest BCUT2D eigenvalue weighted by atomic mass is 31.2. The number of rotatable bonds is 4. The van der Waals surface area contributed by atoms with E-state index in [4.69, 9.17) is 24.0 Å². The Morgan fingerprint density at radius 2 is 2.17 bits per heavy atom. The van der Waals surface area contributed by atoms with E-state index >= 15 is 4.39 Å². The first kappa shape index (κ1) is 20.1. The highest BCUT2D eigenvalue weighted by molar-refractivity contribution is 7.48. The molecule has 0 amide bonds. The van der Waals surface area contributed by atoms with E-state index < -0.39 is 31.9 Å². The summed E-state index contributed by atoms with van der Waals surface area (Å²) < 4.78 is 50.8. The van der Waals surface area contributed by atoms with Gasteiger partial charge < -0.3 is 15.8 Å². The predicted molar refractivity (Wildman–Crippen MR) is 104 cm³/mol. The molecule has 3 fully saturated rings. The molecule has 2 aromatic rings. The summed E-state index contributed by atoms with van der Waals surface area (Å²) >= 11 is 0. The lowest BCUT2D eigenvalue weighted by molar-refractivity contribution is -0.0686. The van der Waals surface area contributed by atoms with Crippen molar-refractivity contribution in [3.63, 3.8) is 0 Å². The van der Waals surface area contributed by atoms with Gasteiger partial charge >= 0.3 is 7.82 Å². The summed E-state index contributed by atoms with van der Waals surface area (Å²) in [7, 11) is -2.64. The molecule has 5 atom stereocenters. The molecule has 1 aliphatic carbocycles. The van der Waals surface area contributed by atoms with Crippen LogP contribution in [-0.2, 0) is 22.9 Å². The maximum atomic E-state index is 15.9. The summed E-state index contributed by atoms with van der Waals surface area (Å²) in [6.45, 7) is 1.20. The third-order valence-electron chi connectivity index (χ3n) is 5.93. The zero-order chi connectivity index (χ0) is 21.1.